The first kappa shape index (κ1) is 27.8. The summed E-state index contributed by atoms with van der Waals surface area (Å²) in [5, 5.41) is 9.47. The van der Waals surface area contributed by atoms with Crippen LogP contribution in [0.15, 0.2) is 72.1 Å². The molecule has 0 amide bonds. The number of methoxy groups -OCH3 is 1. The summed E-state index contributed by atoms with van der Waals surface area (Å²) in [5.41, 5.74) is 2.73. The van der Waals surface area contributed by atoms with Crippen LogP contribution in [-0.4, -0.2) is 64.2 Å². The van der Waals surface area contributed by atoms with Gasteiger partial charge in [-0.05, 0) is 48.0 Å². The van der Waals surface area contributed by atoms with Gasteiger partial charge in [-0.15, -0.1) is 0 Å². The zero-order chi connectivity index (χ0) is 29.2. The molecule has 0 aliphatic carbocycles. The van der Waals surface area contributed by atoms with Crippen LogP contribution < -0.4 is 15.4 Å². The molecule has 2 aromatic carbocycles. The highest BCUT2D eigenvalue weighted by Crippen LogP contribution is 2.31. The lowest BCUT2D eigenvalue weighted by Gasteiger charge is -2.14. The number of rotatable bonds is 9. The molecule has 0 saturated heterocycles. The van der Waals surface area contributed by atoms with Gasteiger partial charge in [0.05, 0.1) is 24.0 Å². The zero-order valence-corrected chi connectivity index (χ0v) is 22.5. The normalized spacial score (nSPS) is 11.9. The summed E-state index contributed by atoms with van der Waals surface area (Å²) < 4.78 is 70.6. The van der Waals surface area contributed by atoms with E-state index in [1.165, 1.54) is 25.6 Å². The van der Waals surface area contributed by atoms with E-state index in [0.717, 1.165) is 17.5 Å². The smallest absolute Gasteiger partial charge is 0.405 e. The number of pyridine rings is 1. The molecule has 0 saturated carbocycles. The van der Waals surface area contributed by atoms with Gasteiger partial charge < -0.3 is 15.4 Å². The fourth-order valence-corrected chi connectivity index (χ4v) is 4.88. The van der Waals surface area contributed by atoms with E-state index in [-0.39, 0.29) is 40.0 Å². The number of aromatic nitrogens is 6. The fraction of sp³-hybridized carbons (Fsp3) is 0.192. The van der Waals surface area contributed by atoms with E-state index < -0.39 is 22.6 Å². The zero-order valence-electron chi connectivity index (χ0n) is 21.7. The lowest BCUT2D eigenvalue weighted by molar-refractivity contribution is -0.115. The third-order valence-electron chi connectivity index (χ3n) is 5.90. The molecule has 3 aromatic heterocycles. The number of alkyl halides is 3. The van der Waals surface area contributed by atoms with Gasteiger partial charge in [0.1, 0.15) is 35.4 Å². The molecule has 0 aliphatic rings. The maximum atomic E-state index is 13.1. The van der Waals surface area contributed by atoms with E-state index in [9.17, 15) is 21.6 Å². The Hall–Kier alpha value is -4.79. The Morgan fingerprint density at radius 1 is 1.00 bits per heavy atom. The number of fused-ring (bicyclic) bond motifs is 1. The second-order valence-corrected chi connectivity index (χ2v) is 10.9. The standard InChI is InChI=1S/C26H23F3N8O3S/c1-40-21-9-6-17(11-22(21)41(2,38)39)19-7-8-20-23(34-19)24(32-13-26(27,28)29)36-25(35-20)31-12-16-4-3-5-18(10-16)37-15-30-14-33-37/h3-11,14-15H,12-13H2,1-2H3,(H2,31,32,35,36). The van der Waals surface area contributed by atoms with Crippen LogP contribution >= 0.6 is 0 Å². The summed E-state index contributed by atoms with van der Waals surface area (Å²) in [6.45, 7) is -1.07. The van der Waals surface area contributed by atoms with Gasteiger partial charge in [0, 0.05) is 18.4 Å². The molecule has 212 valence electrons. The fourth-order valence-electron chi connectivity index (χ4n) is 4.02. The van der Waals surface area contributed by atoms with Crippen molar-refractivity contribution in [2.24, 2.45) is 0 Å². The number of nitrogens with zero attached hydrogens (tertiary/aromatic N) is 6. The van der Waals surface area contributed by atoms with Crippen LogP contribution in [0.4, 0.5) is 24.9 Å². The molecule has 5 aromatic rings. The minimum Gasteiger partial charge on any atom is -0.495 e. The number of ether oxygens (including phenoxy) is 1. The van der Waals surface area contributed by atoms with Gasteiger partial charge in [-0.3, -0.25) is 0 Å². The third-order valence-corrected chi connectivity index (χ3v) is 7.02. The molecule has 0 bridgehead atoms. The molecule has 11 nitrogen and oxygen atoms in total. The topological polar surface area (TPSA) is 137 Å². The second kappa shape index (κ2) is 11.0. The summed E-state index contributed by atoms with van der Waals surface area (Å²) in [6, 6.07) is 15.1. The van der Waals surface area contributed by atoms with Crippen molar-refractivity contribution in [1.82, 2.24) is 29.7 Å². The lowest BCUT2D eigenvalue weighted by atomic mass is 10.1. The summed E-state index contributed by atoms with van der Waals surface area (Å²) in [5.74, 6) is 0.118. The van der Waals surface area contributed by atoms with E-state index in [0.29, 0.717) is 11.3 Å². The summed E-state index contributed by atoms with van der Waals surface area (Å²) in [6.07, 6.45) is -0.478. The molecular weight excluding hydrogens is 561 g/mol. The largest absolute Gasteiger partial charge is 0.495 e. The van der Waals surface area contributed by atoms with Crippen molar-refractivity contribution >= 4 is 32.6 Å². The number of hydrogen-bond donors (Lipinski definition) is 2. The number of anilines is 2. The van der Waals surface area contributed by atoms with Crippen molar-refractivity contribution in [3.8, 4) is 22.7 Å². The van der Waals surface area contributed by atoms with E-state index in [4.69, 9.17) is 4.74 Å². The molecule has 0 spiro atoms. The molecule has 0 atom stereocenters. The Kier molecular flexibility index (Phi) is 7.45. The summed E-state index contributed by atoms with van der Waals surface area (Å²) >= 11 is 0. The Morgan fingerprint density at radius 2 is 1.83 bits per heavy atom. The van der Waals surface area contributed by atoms with Crippen LogP contribution in [0.1, 0.15) is 5.56 Å². The van der Waals surface area contributed by atoms with Gasteiger partial charge in [0.15, 0.2) is 15.7 Å². The summed E-state index contributed by atoms with van der Waals surface area (Å²) in [4.78, 5) is 17.1. The van der Waals surface area contributed by atoms with Gasteiger partial charge in [0.2, 0.25) is 5.95 Å². The first-order valence-corrected chi connectivity index (χ1v) is 13.9. The molecular formula is C26H23F3N8O3S. The Labute approximate surface area is 232 Å². The molecule has 3 heterocycles. The second-order valence-electron chi connectivity index (χ2n) is 8.93. The quantitative estimate of drug-likeness (QED) is 0.258. The Balaban J connectivity index is 1.49. The molecule has 15 heteroatoms. The van der Waals surface area contributed by atoms with Gasteiger partial charge in [-0.2, -0.15) is 23.3 Å². The van der Waals surface area contributed by atoms with E-state index >= 15 is 0 Å². The first-order chi connectivity index (χ1) is 19.5. The molecule has 0 unspecified atom stereocenters. The number of benzene rings is 2. The molecule has 41 heavy (non-hydrogen) atoms. The molecule has 5 rings (SSSR count). The third kappa shape index (κ3) is 6.51. The monoisotopic (exact) mass is 584 g/mol. The van der Waals surface area contributed by atoms with E-state index in [1.807, 2.05) is 24.3 Å². The molecule has 0 fully saturated rings. The minimum absolute atomic E-state index is 0.0431. The maximum absolute atomic E-state index is 13.1. The van der Waals surface area contributed by atoms with E-state index in [2.05, 4.69) is 35.7 Å². The number of nitrogens with one attached hydrogen (secondary N) is 2. The highest BCUT2D eigenvalue weighted by molar-refractivity contribution is 7.90. The average molecular weight is 585 g/mol. The molecule has 0 radical (unpaired) electrons. The highest BCUT2D eigenvalue weighted by Gasteiger charge is 2.27. The maximum Gasteiger partial charge on any atom is 0.405 e. The predicted octanol–water partition coefficient (Wildman–Crippen LogP) is 4.27. The average Bonchev–Trinajstić information content (AvgIpc) is 3.49. The summed E-state index contributed by atoms with van der Waals surface area (Å²) in [7, 11) is -2.28. The lowest BCUT2D eigenvalue weighted by Crippen LogP contribution is -2.22. The van der Waals surface area contributed by atoms with Crippen LogP contribution in [0.3, 0.4) is 0 Å². The van der Waals surface area contributed by atoms with Gasteiger partial charge in [-0.1, -0.05) is 12.1 Å². The van der Waals surface area contributed by atoms with Crippen LogP contribution in [0, 0.1) is 0 Å². The van der Waals surface area contributed by atoms with Crippen molar-refractivity contribution in [3.05, 3.63) is 72.8 Å². The van der Waals surface area contributed by atoms with Crippen molar-refractivity contribution in [3.63, 3.8) is 0 Å². The number of halogens is 3. The predicted molar refractivity (Wildman–Crippen MR) is 146 cm³/mol. The highest BCUT2D eigenvalue weighted by atomic mass is 32.2. The van der Waals surface area contributed by atoms with Crippen LogP contribution in [-0.2, 0) is 16.4 Å². The van der Waals surface area contributed by atoms with Crippen LogP contribution in [0.2, 0.25) is 0 Å². The van der Waals surface area contributed by atoms with Gasteiger partial charge in [0.25, 0.3) is 0 Å². The van der Waals surface area contributed by atoms with Gasteiger partial charge in [-0.25, -0.2) is 28.1 Å². The van der Waals surface area contributed by atoms with Crippen molar-refractivity contribution < 1.29 is 26.3 Å². The van der Waals surface area contributed by atoms with Crippen molar-refractivity contribution in [1.29, 1.82) is 0 Å². The SMILES string of the molecule is COc1ccc(-c2ccc3nc(NCc4cccc(-n5cncn5)c4)nc(NCC(F)(F)F)c3n2)cc1S(C)(=O)=O. The first-order valence-electron chi connectivity index (χ1n) is 12.1. The minimum atomic E-state index is -4.51. The Bertz CT molecular complexity index is 1810. The number of sulfone groups is 1. The number of hydrogen-bond acceptors (Lipinski definition) is 10. The Morgan fingerprint density at radius 3 is 2.54 bits per heavy atom. The van der Waals surface area contributed by atoms with Crippen molar-refractivity contribution in [2.45, 2.75) is 17.6 Å². The van der Waals surface area contributed by atoms with Gasteiger partial charge >= 0.3 is 6.18 Å². The molecule has 0 aliphatic heterocycles. The van der Waals surface area contributed by atoms with Crippen molar-refractivity contribution in [2.75, 3.05) is 30.5 Å². The van der Waals surface area contributed by atoms with Crippen LogP contribution in [0.5, 0.6) is 5.75 Å². The molecule has 2 N–H and O–H groups in total. The van der Waals surface area contributed by atoms with E-state index in [1.54, 1.807) is 29.2 Å². The van der Waals surface area contributed by atoms with Crippen LogP contribution in [0.25, 0.3) is 28.0 Å².